The average Bonchev–Trinajstić information content (AvgIpc) is 2.95. The summed E-state index contributed by atoms with van der Waals surface area (Å²) in [5.74, 6) is 1.31. The van der Waals surface area contributed by atoms with Crippen molar-refractivity contribution in [2.75, 3.05) is 6.54 Å². The Balaban J connectivity index is 1.82. The Morgan fingerprint density at radius 2 is 2.22 bits per heavy atom. The molecule has 0 aliphatic carbocycles. The van der Waals surface area contributed by atoms with Crippen molar-refractivity contribution in [1.82, 2.24) is 29.9 Å². The Labute approximate surface area is 104 Å². The lowest BCUT2D eigenvalue weighted by Gasteiger charge is -2.03. The highest BCUT2D eigenvalue weighted by Crippen LogP contribution is 2.04. The number of hydrogen-bond donors (Lipinski definition) is 3. The summed E-state index contributed by atoms with van der Waals surface area (Å²) in [4.78, 5) is 10.5. The lowest BCUT2D eigenvalue weighted by atomic mass is 10.3. The van der Waals surface area contributed by atoms with E-state index < -0.39 is 10.0 Å². The summed E-state index contributed by atoms with van der Waals surface area (Å²) >= 11 is 0. The van der Waals surface area contributed by atoms with E-state index in [4.69, 9.17) is 0 Å². The molecular weight excluding hydrogens is 256 g/mol. The van der Waals surface area contributed by atoms with Crippen molar-refractivity contribution in [2.45, 2.75) is 24.8 Å². The van der Waals surface area contributed by atoms with E-state index in [0.29, 0.717) is 25.2 Å². The standard InChI is InChI=1S/C9H14N6O2S/c1-7-10-5-9(14-7)18(16,17)13-4-2-3-8-11-6-12-15-8/h5-6,13H,2-4H2,1H3,(H,10,14)(H,11,12,15). The van der Waals surface area contributed by atoms with Crippen molar-refractivity contribution in [3.63, 3.8) is 0 Å². The van der Waals surface area contributed by atoms with Gasteiger partial charge in [0.15, 0.2) is 5.03 Å². The van der Waals surface area contributed by atoms with E-state index in [0.717, 1.165) is 5.82 Å². The molecule has 0 aliphatic heterocycles. The molecule has 2 heterocycles. The summed E-state index contributed by atoms with van der Waals surface area (Å²) in [5, 5.41) is 6.51. The van der Waals surface area contributed by atoms with Gasteiger partial charge in [-0.2, -0.15) is 5.10 Å². The van der Waals surface area contributed by atoms with E-state index in [2.05, 4.69) is 29.9 Å². The zero-order valence-electron chi connectivity index (χ0n) is 9.84. The number of hydrogen-bond acceptors (Lipinski definition) is 5. The van der Waals surface area contributed by atoms with Crippen molar-refractivity contribution in [1.29, 1.82) is 0 Å². The first-order valence-corrected chi connectivity index (χ1v) is 6.92. The van der Waals surface area contributed by atoms with Crippen LogP contribution in [0.5, 0.6) is 0 Å². The minimum atomic E-state index is -3.49. The highest BCUT2D eigenvalue weighted by atomic mass is 32.2. The van der Waals surface area contributed by atoms with Gasteiger partial charge in [-0.15, -0.1) is 0 Å². The quantitative estimate of drug-likeness (QED) is 0.626. The van der Waals surface area contributed by atoms with Gasteiger partial charge >= 0.3 is 0 Å². The molecule has 98 valence electrons. The van der Waals surface area contributed by atoms with E-state index in [1.165, 1.54) is 12.5 Å². The summed E-state index contributed by atoms with van der Waals surface area (Å²) < 4.78 is 26.1. The maximum atomic E-state index is 11.8. The van der Waals surface area contributed by atoms with Crippen LogP contribution in [0.15, 0.2) is 17.6 Å². The highest BCUT2D eigenvalue weighted by molar-refractivity contribution is 7.89. The number of nitrogens with zero attached hydrogens (tertiary/aromatic N) is 3. The van der Waals surface area contributed by atoms with Gasteiger partial charge in [0.1, 0.15) is 18.0 Å². The molecule has 0 saturated carbocycles. The van der Waals surface area contributed by atoms with Crippen LogP contribution in [0.2, 0.25) is 0 Å². The third-order valence-electron chi connectivity index (χ3n) is 2.32. The van der Waals surface area contributed by atoms with Crippen molar-refractivity contribution < 1.29 is 8.42 Å². The molecule has 0 unspecified atom stereocenters. The van der Waals surface area contributed by atoms with Crippen LogP contribution in [-0.4, -0.2) is 40.1 Å². The molecule has 0 bridgehead atoms. The molecule has 0 radical (unpaired) electrons. The van der Waals surface area contributed by atoms with E-state index in [1.54, 1.807) is 6.92 Å². The van der Waals surface area contributed by atoms with Gasteiger partial charge in [0, 0.05) is 13.0 Å². The molecule has 2 rings (SSSR count). The second-order valence-electron chi connectivity index (χ2n) is 3.77. The third-order valence-corrected chi connectivity index (χ3v) is 3.69. The second-order valence-corrected chi connectivity index (χ2v) is 5.50. The number of rotatable bonds is 6. The van der Waals surface area contributed by atoms with Crippen molar-refractivity contribution in [3.05, 3.63) is 24.2 Å². The summed E-state index contributed by atoms with van der Waals surface area (Å²) in [6, 6.07) is 0. The van der Waals surface area contributed by atoms with Gasteiger partial charge in [-0.05, 0) is 13.3 Å². The first-order chi connectivity index (χ1) is 8.58. The van der Waals surface area contributed by atoms with Gasteiger partial charge in [0.2, 0.25) is 0 Å². The third kappa shape index (κ3) is 3.14. The Kier molecular flexibility index (Phi) is 3.72. The lowest BCUT2D eigenvalue weighted by Crippen LogP contribution is -2.25. The fourth-order valence-electron chi connectivity index (χ4n) is 1.43. The molecule has 9 heteroatoms. The number of imidazole rings is 1. The molecule has 0 saturated heterocycles. The molecule has 0 aromatic carbocycles. The van der Waals surface area contributed by atoms with E-state index in [9.17, 15) is 8.42 Å². The first-order valence-electron chi connectivity index (χ1n) is 5.43. The smallest absolute Gasteiger partial charge is 0.257 e. The Morgan fingerprint density at radius 1 is 1.39 bits per heavy atom. The van der Waals surface area contributed by atoms with Crippen LogP contribution in [0.1, 0.15) is 18.1 Å². The molecule has 3 N–H and O–H groups in total. The predicted molar refractivity (Wildman–Crippen MR) is 63.2 cm³/mol. The largest absolute Gasteiger partial charge is 0.332 e. The molecular formula is C9H14N6O2S. The van der Waals surface area contributed by atoms with E-state index in [1.807, 2.05) is 0 Å². The normalized spacial score (nSPS) is 11.8. The van der Waals surface area contributed by atoms with Gasteiger partial charge in [-0.25, -0.2) is 23.1 Å². The topological polar surface area (TPSA) is 116 Å². The number of aryl methyl sites for hydroxylation is 2. The monoisotopic (exact) mass is 270 g/mol. The zero-order chi connectivity index (χ0) is 13.0. The van der Waals surface area contributed by atoms with Gasteiger partial charge in [-0.3, -0.25) is 5.10 Å². The summed E-state index contributed by atoms with van der Waals surface area (Å²) in [7, 11) is -3.49. The zero-order valence-corrected chi connectivity index (χ0v) is 10.7. The molecule has 0 fully saturated rings. The van der Waals surface area contributed by atoms with Crippen LogP contribution in [0.3, 0.4) is 0 Å². The summed E-state index contributed by atoms with van der Waals surface area (Å²) in [6.07, 6.45) is 4.01. The van der Waals surface area contributed by atoms with Crippen LogP contribution in [-0.2, 0) is 16.4 Å². The average molecular weight is 270 g/mol. The fourth-order valence-corrected chi connectivity index (χ4v) is 2.47. The minimum Gasteiger partial charge on any atom is -0.332 e. The van der Waals surface area contributed by atoms with Crippen LogP contribution >= 0.6 is 0 Å². The number of aromatic nitrogens is 5. The molecule has 8 nitrogen and oxygen atoms in total. The maximum absolute atomic E-state index is 11.8. The first kappa shape index (κ1) is 12.7. The molecule has 0 amide bonds. The minimum absolute atomic E-state index is 0.0830. The number of aromatic amines is 2. The number of nitrogens with one attached hydrogen (secondary N) is 3. The summed E-state index contributed by atoms with van der Waals surface area (Å²) in [6.45, 7) is 2.03. The van der Waals surface area contributed by atoms with Crippen molar-refractivity contribution in [3.8, 4) is 0 Å². The second kappa shape index (κ2) is 5.27. The number of H-pyrrole nitrogens is 2. The maximum Gasteiger partial charge on any atom is 0.257 e. The number of sulfonamides is 1. The molecule has 2 aromatic heterocycles. The van der Waals surface area contributed by atoms with E-state index >= 15 is 0 Å². The predicted octanol–water partition coefficient (Wildman–Crippen LogP) is -0.253. The van der Waals surface area contributed by atoms with Gasteiger partial charge in [0.25, 0.3) is 10.0 Å². The molecule has 0 atom stereocenters. The fraction of sp³-hybridized carbons (Fsp3) is 0.444. The van der Waals surface area contributed by atoms with Gasteiger partial charge in [-0.1, -0.05) is 0 Å². The van der Waals surface area contributed by atoms with Crippen molar-refractivity contribution >= 4 is 10.0 Å². The van der Waals surface area contributed by atoms with E-state index in [-0.39, 0.29) is 5.03 Å². The Morgan fingerprint density at radius 3 is 2.83 bits per heavy atom. The van der Waals surface area contributed by atoms with Crippen LogP contribution < -0.4 is 4.72 Å². The molecule has 0 spiro atoms. The summed E-state index contributed by atoms with van der Waals surface area (Å²) in [5.41, 5.74) is 0. The van der Waals surface area contributed by atoms with Crippen LogP contribution in [0.25, 0.3) is 0 Å². The van der Waals surface area contributed by atoms with Gasteiger partial charge < -0.3 is 4.98 Å². The molecule has 0 aliphatic rings. The SMILES string of the molecule is Cc1ncc(S(=O)(=O)NCCCc2ncn[nH]2)[nH]1. The van der Waals surface area contributed by atoms with Crippen LogP contribution in [0.4, 0.5) is 0 Å². The Hall–Kier alpha value is -1.74. The lowest BCUT2D eigenvalue weighted by molar-refractivity contribution is 0.575. The van der Waals surface area contributed by atoms with Crippen LogP contribution in [0, 0.1) is 6.92 Å². The molecule has 2 aromatic rings. The van der Waals surface area contributed by atoms with Gasteiger partial charge in [0.05, 0.1) is 6.20 Å². The Bertz CT molecular complexity index is 588. The van der Waals surface area contributed by atoms with Crippen molar-refractivity contribution in [2.24, 2.45) is 0 Å². The molecule has 18 heavy (non-hydrogen) atoms. The highest BCUT2D eigenvalue weighted by Gasteiger charge is 2.15.